The van der Waals surface area contributed by atoms with Gasteiger partial charge in [-0.1, -0.05) is 41.7 Å². The summed E-state index contributed by atoms with van der Waals surface area (Å²) in [7, 11) is 2.73. The molecule has 8 nitrogen and oxygen atoms in total. The molecule has 3 aromatic carbocycles. The zero-order valence-electron chi connectivity index (χ0n) is 17.6. The Labute approximate surface area is 192 Å². The van der Waals surface area contributed by atoms with Crippen molar-refractivity contribution in [1.29, 1.82) is 0 Å². The number of amides is 1. The summed E-state index contributed by atoms with van der Waals surface area (Å²) in [6.45, 7) is 0.105. The molecule has 1 amide bonds. The number of ether oxygens (including phenoxy) is 2. The van der Waals surface area contributed by atoms with E-state index < -0.39 is 22.3 Å². The zero-order valence-corrected chi connectivity index (χ0v) is 18.5. The molecule has 0 radical (unpaired) electrons. The highest BCUT2D eigenvalue weighted by atomic mass is 32.1. The predicted molar refractivity (Wildman–Crippen MR) is 123 cm³/mol. The summed E-state index contributed by atoms with van der Waals surface area (Å²) < 4.78 is 24.7. The van der Waals surface area contributed by atoms with Gasteiger partial charge >= 0.3 is 0 Å². The second-order valence-corrected chi connectivity index (χ2v) is 7.98. The Bertz CT molecular complexity index is 1340. The molecule has 0 spiro atoms. The molecular formula is C23H18FN3O5S. The minimum atomic E-state index is -0.649. The molecule has 0 saturated carbocycles. The lowest BCUT2D eigenvalue weighted by Crippen LogP contribution is -2.31. The van der Waals surface area contributed by atoms with Crippen molar-refractivity contribution >= 4 is 38.3 Å². The summed E-state index contributed by atoms with van der Waals surface area (Å²) in [4.78, 5) is 30.6. The number of anilines is 1. The molecule has 0 aliphatic carbocycles. The molecule has 0 aliphatic rings. The van der Waals surface area contributed by atoms with Crippen LogP contribution < -0.4 is 14.4 Å². The van der Waals surface area contributed by atoms with Crippen molar-refractivity contribution < 1.29 is 23.6 Å². The van der Waals surface area contributed by atoms with Crippen molar-refractivity contribution in [2.45, 2.75) is 6.54 Å². The second-order valence-electron chi connectivity index (χ2n) is 6.97. The highest BCUT2D eigenvalue weighted by Gasteiger charge is 2.30. The first-order valence-corrected chi connectivity index (χ1v) is 10.5. The van der Waals surface area contributed by atoms with Crippen molar-refractivity contribution in [3.63, 3.8) is 0 Å². The van der Waals surface area contributed by atoms with E-state index >= 15 is 0 Å². The topological polar surface area (TPSA) is 94.8 Å². The number of nitrogens with zero attached hydrogens (tertiary/aromatic N) is 3. The molecule has 0 aliphatic heterocycles. The molecule has 0 N–H and O–H groups in total. The average Bonchev–Trinajstić information content (AvgIpc) is 3.24. The lowest BCUT2D eigenvalue weighted by molar-refractivity contribution is -0.385. The van der Waals surface area contributed by atoms with E-state index in [1.54, 1.807) is 0 Å². The van der Waals surface area contributed by atoms with Gasteiger partial charge in [0.2, 0.25) is 0 Å². The average molecular weight is 467 g/mol. The monoisotopic (exact) mass is 467 g/mol. The van der Waals surface area contributed by atoms with Gasteiger partial charge in [-0.15, -0.1) is 0 Å². The number of fused-ring (bicyclic) bond motifs is 1. The molecule has 0 bridgehead atoms. The summed E-state index contributed by atoms with van der Waals surface area (Å²) in [5, 5.41) is 12.1. The van der Waals surface area contributed by atoms with Gasteiger partial charge in [-0.05, 0) is 23.8 Å². The lowest BCUT2D eigenvalue weighted by atomic mass is 10.1. The predicted octanol–water partition coefficient (Wildman–Crippen LogP) is 5.21. The van der Waals surface area contributed by atoms with Gasteiger partial charge in [0.15, 0.2) is 16.6 Å². The highest BCUT2D eigenvalue weighted by molar-refractivity contribution is 7.22. The number of aromatic nitrogens is 1. The summed E-state index contributed by atoms with van der Waals surface area (Å²) >= 11 is 1.12. The molecule has 0 atom stereocenters. The van der Waals surface area contributed by atoms with Crippen LogP contribution in [0.5, 0.6) is 11.5 Å². The Balaban J connectivity index is 1.86. The van der Waals surface area contributed by atoms with Gasteiger partial charge < -0.3 is 9.47 Å². The minimum absolute atomic E-state index is 0.105. The van der Waals surface area contributed by atoms with E-state index in [2.05, 4.69) is 4.98 Å². The smallest absolute Gasteiger partial charge is 0.286 e. The van der Waals surface area contributed by atoms with Gasteiger partial charge in [-0.2, -0.15) is 0 Å². The standard InChI is InChI=1S/C23H18FN3O5S/c1-31-19-11-16(18(27(29)30)12-20(19)32-2)22(28)26(13-14-6-4-3-5-7-14)23-25-17-9-8-15(24)10-21(17)33-23/h3-12H,13H2,1-2H3. The van der Waals surface area contributed by atoms with E-state index in [0.717, 1.165) is 23.0 Å². The third-order valence-electron chi connectivity index (χ3n) is 4.93. The molecule has 0 fully saturated rings. The van der Waals surface area contributed by atoms with Crippen molar-refractivity contribution in [1.82, 2.24) is 4.98 Å². The Morgan fingerprint density at radius 1 is 1.09 bits per heavy atom. The maximum absolute atomic E-state index is 13.7. The quantitative estimate of drug-likeness (QED) is 0.274. The molecular weight excluding hydrogens is 449 g/mol. The SMILES string of the molecule is COc1cc(C(=O)N(Cc2ccccc2)c2nc3ccc(F)cc3s2)c([N+](=O)[O-])cc1OC. The first-order valence-electron chi connectivity index (χ1n) is 9.73. The fourth-order valence-corrected chi connectivity index (χ4v) is 4.32. The largest absolute Gasteiger partial charge is 0.493 e. The maximum Gasteiger partial charge on any atom is 0.286 e. The number of carbonyl (C=O) groups excluding carboxylic acids is 1. The van der Waals surface area contributed by atoms with Crippen molar-refractivity contribution in [3.8, 4) is 11.5 Å². The van der Waals surface area contributed by atoms with Crippen molar-refractivity contribution in [2.24, 2.45) is 0 Å². The zero-order chi connectivity index (χ0) is 23.5. The van der Waals surface area contributed by atoms with E-state index in [-0.39, 0.29) is 28.7 Å². The molecule has 1 heterocycles. The number of rotatable bonds is 7. The molecule has 1 aromatic heterocycles. The third kappa shape index (κ3) is 4.46. The Hall–Kier alpha value is -4.05. The van der Waals surface area contributed by atoms with Gasteiger partial charge in [0, 0.05) is 6.07 Å². The van der Waals surface area contributed by atoms with Gasteiger partial charge in [0.25, 0.3) is 11.6 Å². The lowest BCUT2D eigenvalue weighted by Gasteiger charge is -2.21. The first kappa shape index (κ1) is 22.2. The summed E-state index contributed by atoms with van der Waals surface area (Å²) in [5.41, 5.74) is 0.699. The number of nitro groups is 1. The minimum Gasteiger partial charge on any atom is -0.493 e. The summed E-state index contributed by atoms with van der Waals surface area (Å²) in [5.74, 6) is -0.761. The van der Waals surface area contributed by atoms with Crippen LogP contribution in [0.15, 0.2) is 60.7 Å². The maximum atomic E-state index is 13.7. The summed E-state index contributed by atoms with van der Waals surface area (Å²) in [6.07, 6.45) is 0. The van der Waals surface area contributed by atoms with E-state index in [1.165, 1.54) is 43.4 Å². The fraction of sp³-hybridized carbons (Fsp3) is 0.130. The third-order valence-corrected chi connectivity index (χ3v) is 5.97. The Morgan fingerprint density at radius 2 is 1.79 bits per heavy atom. The number of hydrogen-bond acceptors (Lipinski definition) is 7. The molecule has 33 heavy (non-hydrogen) atoms. The van der Waals surface area contributed by atoms with Crippen LogP contribution in [0.3, 0.4) is 0 Å². The van der Waals surface area contributed by atoms with Gasteiger partial charge in [-0.3, -0.25) is 19.8 Å². The number of hydrogen-bond donors (Lipinski definition) is 0. The van der Waals surface area contributed by atoms with Crippen LogP contribution in [0.1, 0.15) is 15.9 Å². The molecule has 0 saturated heterocycles. The van der Waals surface area contributed by atoms with E-state index in [9.17, 15) is 19.3 Å². The van der Waals surface area contributed by atoms with E-state index in [4.69, 9.17) is 9.47 Å². The van der Waals surface area contributed by atoms with Gasteiger partial charge in [0.1, 0.15) is 11.4 Å². The molecule has 4 rings (SSSR count). The highest BCUT2D eigenvalue weighted by Crippen LogP contribution is 2.37. The number of nitro benzene ring substituents is 1. The number of thiazole rings is 1. The Kier molecular flexibility index (Phi) is 6.18. The molecule has 4 aromatic rings. The number of carbonyl (C=O) groups is 1. The molecule has 0 unspecified atom stereocenters. The fourth-order valence-electron chi connectivity index (χ4n) is 3.33. The van der Waals surface area contributed by atoms with Gasteiger partial charge in [-0.25, -0.2) is 9.37 Å². The summed E-state index contributed by atoms with van der Waals surface area (Å²) in [6, 6.07) is 15.7. The van der Waals surface area contributed by atoms with Crippen molar-refractivity contribution in [3.05, 3.63) is 87.7 Å². The number of halogens is 1. The first-order chi connectivity index (χ1) is 15.9. The number of benzene rings is 3. The number of methoxy groups -OCH3 is 2. The molecule has 168 valence electrons. The normalized spacial score (nSPS) is 10.8. The van der Waals surface area contributed by atoms with Crippen LogP contribution >= 0.6 is 11.3 Å². The Morgan fingerprint density at radius 3 is 2.45 bits per heavy atom. The second kappa shape index (κ2) is 9.21. The van der Waals surface area contributed by atoms with Crippen LogP contribution in [0.25, 0.3) is 10.2 Å². The van der Waals surface area contributed by atoms with Crippen LogP contribution in [0.2, 0.25) is 0 Å². The van der Waals surface area contributed by atoms with Crippen LogP contribution in [-0.2, 0) is 6.54 Å². The van der Waals surface area contributed by atoms with Crippen LogP contribution in [0.4, 0.5) is 15.2 Å². The van der Waals surface area contributed by atoms with Crippen LogP contribution in [0, 0.1) is 15.9 Å². The van der Waals surface area contributed by atoms with Gasteiger partial charge in [0.05, 0.1) is 42.0 Å². The van der Waals surface area contributed by atoms with E-state index in [1.807, 2.05) is 30.3 Å². The van der Waals surface area contributed by atoms with Crippen molar-refractivity contribution in [2.75, 3.05) is 19.1 Å². The van der Waals surface area contributed by atoms with E-state index in [0.29, 0.717) is 10.2 Å². The molecule has 10 heteroatoms. The van der Waals surface area contributed by atoms with Crippen LogP contribution in [-0.4, -0.2) is 30.0 Å².